The lowest BCUT2D eigenvalue weighted by Crippen LogP contribution is -2.01. The van der Waals surface area contributed by atoms with Crippen LogP contribution < -0.4 is 0 Å². The predicted octanol–water partition coefficient (Wildman–Crippen LogP) is 22.0. The van der Waals surface area contributed by atoms with Crippen LogP contribution in [0.4, 0.5) is 0 Å². The highest BCUT2D eigenvalue weighted by molar-refractivity contribution is 6.13. The molecular weight excluding hydrogens is 1130 g/mol. The van der Waals surface area contributed by atoms with Crippen LogP contribution in [0, 0.1) is 71.1 Å². The third-order valence-electron chi connectivity index (χ3n) is 19.1. The Kier molecular flexibility index (Phi) is 14.6. The zero-order chi connectivity index (χ0) is 63.6. The first-order valence-electron chi connectivity index (χ1n) is 31.9. The Balaban J connectivity index is 0.778. The molecule has 0 saturated carbocycles. The Labute approximate surface area is 543 Å². The summed E-state index contributed by atoms with van der Waals surface area (Å²) in [6, 6.07) is 86.9. The van der Waals surface area contributed by atoms with E-state index in [1.807, 2.05) is 36.4 Å². The van der Waals surface area contributed by atoms with Crippen LogP contribution in [0.25, 0.3) is 133 Å². The van der Waals surface area contributed by atoms with Crippen LogP contribution in [-0.4, -0.2) is 19.1 Å². The van der Waals surface area contributed by atoms with Crippen LogP contribution >= 0.6 is 0 Å². The molecule has 0 atom stereocenters. The summed E-state index contributed by atoms with van der Waals surface area (Å²) >= 11 is 0. The van der Waals surface area contributed by atoms with Crippen LogP contribution in [0.1, 0.15) is 61.2 Å². The van der Waals surface area contributed by atoms with Crippen LogP contribution in [-0.2, 0) is 12.8 Å². The third kappa shape index (κ3) is 10.4. The number of hydrogen-bond donors (Lipinski definition) is 0. The summed E-state index contributed by atoms with van der Waals surface area (Å²) in [5, 5.41) is 25.9. The smallest absolute Gasteiger partial charge is 0.0998 e. The Morgan fingerprint density at radius 1 is 0.290 bits per heavy atom. The van der Waals surface area contributed by atoms with Crippen molar-refractivity contribution in [1.29, 1.82) is 10.5 Å². The van der Waals surface area contributed by atoms with Crippen molar-refractivity contribution in [1.82, 2.24) is 19.1 Å². The number of aromatic nitrogens is 4. The molecular formula is C87H66N6. The van der Waals surface area contributed by atoms with Gasteiger partial charge in [-0.3, -0.25) is 9.97 Å². The van der Waals surface area contributed by atoms with Crippen molar-refractivity contribution in [2.45, 2.75) is 61.3 Å². The van der Waals surface area contributed by atoms with E-state index in [0.717, 1.165) is 113 Å². The van der Waals surface area contributed by atoms with Crippen LogP contribution in [0.15, 0.2) is 249 Å². The van der Waals surface area contributed by atoms with Crippen molar-refractivity contribution in [3.8, 4) is 101 Å². The highest BCUT2D eigenvalue weighted by Gasteiger charge is 2.23. The number of fused-ring (bicyclic) bond motifs is 6. The first-order chi connectivity index (χ1) is 45.4. The molecule has 0 unspecified atom stereocenters. The van der Waals surface area contributed by atoms with E-state index in [1.165, 1.54) is 83.1 Å². The second kappa shape index (κ2) is 23.6. The second-order valence-electron chi connectivity index (χ2n) is 25.2. The summed E-state index contributed by atoms with van der Waals surface area (Å²) < 4.78 is 4.85. The largest absolute Gasteiger partial charge is 0.309 e. The van der Waals surface area contributed by atoms with E-state index in [2.05, 4.69) is 268 Å². The highest BCUT2D eigenvalue weighted by atomic mass is 15.0. The molecule has 0 bridgehead atoms. The van der Waals surface area contributed by atoms with Crippen LogP contribution in [0.5, 0.6) is 0 Å². The SMILES string of the molecule is Cc1ccc(-c2ccc3c4ccc(-c5ccc(CCc6ccc(-c7ccc8c9ccc(-c%10ccc(C)cc%10C)cc9n(-c9cc(-c%10ccncc%10)c(C#N)cc9-c9ccccc9)c8c7)c(C)c6)cc5C)cc4n(-c4cc(-c5ccncc5)c(C#N)cc4C)c3c2)c(C)c1. The number of pyridine rings is 2. The topological polar surface area (TPSA) is 83.2 Å². The van der Waals surface area contributed by atoms with Crippen molar-refractivity contribution < 1.29 is 0 Å². The highest BCUT2D eigenvalue weighted by Crippen LogP contribution is 2.45. The van der Waals surface area contributed by atoms with Gasteiger partial charge in [-0.1, -0.05) is 163 Å². The normalized spacial score (nSPS) is 11.5. The minimum Gasteiger partial charge on any atom is -0.309 e. The number of benzene rings is 11. The van der Waals surface area contributed by atoms with Gasteiger partial charge >= 0.3 is 0 Å². The first kappa shape index (κ1) is 57.7. The molecule has 15 aromatic rings. The van der Waals surface area contributed by atoms with E-state index >= 15 is 0 Å². The molecule has 0 aliphatic heterocycles. The van der Waals surface area contributed by atoms with E-state index in [-0.39, 0.29) is 0 Å². The molecule has 0 N–H and O–H groups in total. The molecule has 0 radical (unpaired) electrons. The van der Waals surface area contributed by atoms with Gasteiger partial charge in [-0.05, 0) is 234 Å². The standard InChI is InChI=1S/C87H66N6/c1-53-13-23-71(55(3)39-53)65-19-27-75-76-28-21-67(46-84(76)92(83(75)45-65)82-49-79(63-31-35-90-36-32-63)69(51-88)43-59(82)7)73-25-17-60(41-57(73)5)15-16-61-18-26-74(58(6)42-61)68-22-30-78-77-29-20-66(72-24-14-54(2)40-56(72)4)47-85(77)93(86(78)48-68)87-50-80(64-33-37-91-38-34-64)70(52-89)44-81(87)62-11-9-8-10-12-62/h8-14,17-50H,15-16H2,1-7H3. The summed E-state index contributed by atoms with van der Waals surface area (Å²) in [4.78, 5) is 8.63. The molecule has 6 heteroatoms. The lowest BCUT2D eigenvalue weighted by molar-refractivity contribution is 0.956. The zero-order valence-electron chi connectivity index (χ0n) is 53.3. The number of rotatable bonds is 12. The van der Waals surface area contributed by atoms with E-state index < -0.39 is 0 Å². The molecule has 0 fully saturated rings. The molecule has 15 rings (SSSR count). The van der Waals surface area contributed by atoms with Crippen molar-refractivity contribution in [3.63, 3.8) is 0 Å². The molecule has 0 amide bonds. The van der Waals surface area contributed by atoms with Crippen molar-refractivity contribution in [2.75, 3.05) is 0 Å². The molecule has 0 aliphatic carbocycles. The van der Waals surface area contributed by atoms with Gasteiger partial charge in [-0.25, -0.2) is 0 Å². The lowest BCUT2D eigenvalue weighted by atomic mass is 9.93. The van der Waals surface area contributed by atoms with Gasteiger partial charge < -0.3 is 9.13 Å². The van der Waals surface area contributed by atoms with Gasteiger partial charge in [0.2, 0.25) is 0 Å². The Bertz CT molecular complexity index is 5600. The average Bonchev–Trinajstić information content (AvgIpc) is 1.60. The van der Waals surface area contributed by atoms with Crippen molar-refractivity contribution in [2.24, 2.45) is 0 Å². The molecule has 0 aliphatic rings. The number of hydrogen-bond acceptors (Lipinski definition) is 4. The van der Waals surface area contributed by atoms with E-state index in [4.69, 9.17) is 0 Å². The quantitative estimate of drug-likeness (QED) is 0.122. The second-order valence-corrected chi connectivity index (χ2v) is 25.2. The van der Waals surface area contributed by atoms with Crippen LogP contribution in [0.2, 0.25) is 0 Å². The first-order valence-corrected chi connectivity index (χ1v) is 31.9. The van der Waals surface area contributed by atoms with Gasteiger partial charge in [0.1, 0.15) is 0 Å². The zero-order valence-corrected chi connectivity index (χ0v) is 53.3. The van der Waals surface area contributed by atoms with Crippen LogP contribution in [0.3, 0.4) is 0 Å². The Hall–Kier alpha value is -11.7. The maximum absolute atomic E-state index is 10.8. The maximum Gasteiger partial charge on any atom is 0.0998 e. The fourth-order valence-corrected chi connectivity index (χ4v) is 14.5. The minimum absolute atomic E-state index is 0.607. The molecule has 0 spiro atoms. The van der Waals surface area contributed by atoms with E-state index in [0.29, 0.717) is 11.1 Å². The summed E-state index contributed by atoms with van der Waals surface area (Å²) in [6.07, 6.45) is 8.97. The number of nitriles is 2. The number of aryl methyl sites for hydroxylation is 9. The average molecular weight is 1200 g/mol. The molecule has 0 saturated heterocycles. The van der Waals surface area contributed by atoms with Crippen molar-refractivity contribution >= 4 is 43.6 Å². The molecule has 4 heterocycles. The molecule has 93 heavy (non-hydrogen) atoms. The third-order valence-corrected chi connectivity index (χ3v) is 19.1. The predicted molar refractivity (Wildman–Crippen MR) is 385 cm³/mol. The van der Waals surface area contributed by atoms with Gasteiger partial charge in [0, 0.05) is 68.7 Å². The summed E-state index contributed by atoms with van der Waals surface area (Å²) in [5.41, 5.74) is 33.8. The molecule has 11 aromatic carbocycles. The summed E-state index contributed by atoms with van der Waals surface area (Å²) in [7, 11) is 0. The van der Waals surface area contributed by atoms with Gasteiger partial charge in [0.25, 0.3) is 0 Å². The van der Waals surface area contributed by atoms with E-state index in [9.17, 15) is 10.5 Å². The van der Waals surface area contributed by atoms with Gasteiger partial charge in [-0.2, -0.15) is 10.5 Å². The fourth-order valence-electron chi connectivity index (χ4n) is 14.5. The summed E-state index contributed by atoms with van der Waals surface area (Å²) in [5.74, 6) is 0. The fraction of sp³-hybridized carbons (Fsp3) is 0.103. The maximum atomic E-state index is 10.8. The lowest BCUT2D eigenvalue weighted by Gasteiger charge is -2.18. The summed E-state index contributed by atoms with van der Waals surface area (Å²) in [6.45, 7) is 15.3. The molecule has 444 valence electrons. The van der Waals surface area contributed by atoms with Gasteiger partial charge in [0.15, 0.2) is 0 Å². The monoisotopic (exact) mass is 1190 g/mol. The molecule has 6 nitrogen and oxygen atoms in total. The minimum atomic E-state index is 0.607. The Morgan fingerprint density at radius 3 is 1.05 bits per heavy atom. The van der Waals surface area contributed by atoms with Crippen molar-refractivity contribution in [3.05, 3.63) is 310 Å². The van der Waals surface area contributed by atoms with E-state index in [1.54, 1.807) is 24.8 Å². The molecule has 4 aromatic heterocycles. The Morgan fingerprint density at radius 2 is 0.656 bits per heavy atom. The van der Waals surface area contributed by atoms with Gasteiger partial charge in [0.05, 0.1) is 51.0 Å². The number of nitrogens with zero attached hydrogens (tertiary/aromatic N) is 6. The van der Waals surface area contributed by atoms with Gasteiger partial charge in [-0.15, -0.1) is 0 Å².